The van der Waals surface area contributed by atoms with E-state index in [1.807, 2.05) is 18.2 Å². The highest BCUT2D eigenvalue weighted by Crippen LogP contribution is 2.24. The van der Waals surface area contributed by atoms with Gasteiger partial charge in [0.2, 0.25) is 10.0 Å². The average molecular weight is 427 g/mol. The van der Waals surface area contributed by atoms with Crippen molar-refractivity contribution in [1.82, 2.24) is 4.90 Å². The van der Waals surface area contributed by atoms with E-state index < -0.39 is 10.0 Å². The molecule has 0 fully saturated rings. The molecule has 0 aliphatic carbocycles. The van der Waals surface area contributed by atoms with Gasteiger partial charge in [0.1, 0.15) is 5.75 Å². The fourth-order valence-corrected chi connectivity index (χ4v) is 3.31. The first-order valence-corrected chi connectivity index (χ1v) is 10.0. The lowest BCUT2D eigenvalue weighted by Crippen LogP contribution is -2.26. The predicted octanol–water partition coefficient (Wildman–Crippen LogP) is 3.10. The Kier molecular flexibility index (Phi) is 6.07. The molecule has 6 nitrogen and oxygen atoms in total. The van der Waals surface area contributed by atoms with Crippen molar-refractivity contribution in [3.63, 3.8) is 0 Å². The number of hydrogen-bond donors (Lipinski definition) is 1. The molecule has 8 heteroatoms. The molecule has 25 heavy (non-hydrogen) atoms. The first kappa shape index (κ1) is 19.3. The molecule has 0 spiro atoms. The fourth-order valence-electron chi connectivity index (χ4n) is 2.35. The van der Waals surface area contributed by atoms with E-state index in [0.717, 1.165) is 16.3 Å². The SMILES string of the molecule is COc1ccc(Br)cc1CN(C)C(=O)c1cccc(NS(C)(=O)=O)c1. The van der Waals surface area contributed by atoms with Gasteiger partial charge in [-0.2, -0.15) is 0 Å². The lowest BCUT2D eigenvalue weighted by Gasteiger charge is -2.19. The molecule has 0 radical (unpaired) electrons. The Balaban J connectivity index is 2.20. The minimum Gasteiger partial charge on any atom is -0.496 e. The van der Waals surface area contributed by atoms with Crippen molar-refractivity contribution in [1.29, 1.82) is 0 Å². The van der Waals surface area contributed by atoms with Crippen LogP contribution in [-0.4, -0.2) is 39.6 Å². The third-order valence-corrected chi connectivity index (χ3v) is 4.51. The van der Waals surface area contributed by atoms with Crippen molar-refractivity contribution >= 4 is 37.5 Å². The summed E-state index contributed by atoms with van der Waals surface area (Å²) in [5.41, 5.74) is 1.60. The van der Waals surface area contributed by atoms with Gasteiger partial charge in [-0.25, -0.2) is 8.42 Å². The normalized spacial score (nSPS) is 11.0. The zero-order chi connectivity index (χ0) is 18.6. The van der Waals surface area contributed by atoms with Gasteiger partial charge in [-0.05, 0) is 36.4 Å². The Bertz CT molecular complexity index is 884. The van der Waals surface area contributed by atoms with Crippen molar-refractivity contribution < 1.29 is 17.9 Å². The van der Waals surface area contributed by atoms with Gasteiger partial charge >= 0.3 is 0 Å². The maximum atomic E-state index is 12.6. The first-order valence-electron chi connectivity index (χ1n) is 7.35. The molecule has 0 aliphatic heterocycles. The molecule has 2 rings (SSSR count). The monoisotopic (exact) mass is 426 g/mol. The van der Waals surface area contributed by atoms with Crippen molar-refractivity contribution in [2.75, 3.05) is 25.1 Å². The summed E-state index contributed by atoms with van der Waals surface area (Å²) in [6.45, 7) is 0.352. The van der Waals surface area contributed by atoms with Crippen molar-refractivity contribution in [2.24, 2.45) is 0 Å². The highest BCUT2D eigenvalue weighted by molar-refractivity contribution is 9.10. The maximum absolute atomic E-state index is 12.6. The van der Waals surface area contributed by atoms with E-state index in [9.17, 15) is 13.2 Å². The number of methoxy groups -OCH3 is 1. The van der Waals surface area contributed by atoms with E-state index in [0.29, 0.717) is 23.5 Å². The van der Waals surface area contributed by atoms with Crippen LogP contribution in [0.15, 0.2) is 46.9 Å². The molecule has 1 N–H and O–H groups in total. The molecule has 2 aromatic carbocycles. The Morgan fingerprint density at radius 3 is 2.60 bits per heavy atom. The molecule has 0 saturated heterocycles. The number of nitrogens with one attached hydrogen (secondary N) is 1. The third-order valence-electron chi connectivity index (χ3n) is 3.41. The van der Waals surface area contributed by atoms with Crippen LogP contribution < -0.4 is 9.46 Å². The van der Waals surface area contributed by atoms with Crippen LogP contribution in [0.4, 0.5) is 5.69 Å². The van der Waals surface area contributed by atoms with Crippen molar-refractivity contribution in [3.8, 4) is 5.75 Å². The summed E-state index contributed by atoms with van der Waals surface area (Å²) in [5.74, 6) is 0.467. The summed E-state index contributed by atoms with van der Waals surface area (Å²) in [6, 6.07) is 12.0. The number of sulfonamides is 1. The Morgan fingerprint density at radius 2 is 1.96 bits per heavy atom. The highest BCUT2D eigenvalue weighted by Gasteiger charge is 2.15. The van der Waals surface area contributed by atoms with Crippen LogP contribution in [0.2, 0.25) is 0 Å². The van der Waals surface area contributed by atoms with Gasteiger partial charge in [0.05, 0.1) is 13.4 Å². The molecule has 0 aromatic heterocycles. The Hall–Kier alpha value is -2.06. The highest BCUT2D eigenvalue weighted by atomic mass is 79.9. The minimum atomic E-state index is -3.40. The Morgan fingerprint density at radius 1 is 1.24 bits per heavy atom. The summed E-state index contributed by atoms with van der Waals surface area (Å²) < 4.78 is 31.3. The lowest BCUT2D eigenvalue weighted by molar-refractivity contribution is 0.0784. The quantitative estimate of drug-likeness (QED) is 0.769. The van der Waals surface area contributed by atoms with Gasteiger partial charge in [-0.15, -0.1) is 0 Å². The summed E-state index contributed by atoms with van der Waals surface area (Å²) in [4.78, 5) is 14.2. The van der Waals surface area contributed by atoms with Gasteiger partial charge in [-0.3, -0.25) is 9.52 Å². The van der Waals surface area contributed by atoms with Crippen LogP contribution in [0, 0.1) is 0 Å². The predicted molar refractivity (Wildman–Crippen MR) is 101 cm³/mol. The number of nitrogens with zero attached hydrogens (tertiary/aromatic N) is 1. The zero-order valence-electron chi connectivity index (χ0n) is 14.1. The topological polar surface area (TPSA) is 75.7 Å². The fraction of sp³-hybridized carbons (Fsp3) is 0.235. The van der Waals surface area contributed by atoms with Gasteiger partial charge in [0.15, 0.2) is 0 Å². The average Bonchev–Trinajstić information content (AvgIpc) is 2.53. The number of anilines is 1. The summed E-state index contributed by atoms with van der Waals surface area (Å²) in [6.07, 6.45) is 1.06. The van der Waals surface area contributed by atoms with Crippen LogP contribution in [-0.2, 0) is 16.6 Å². The van der Waals surface area contributed by atoms with Gasteiger partial charge < -0.3 is 9.64 Å². The van der Waals surface area contributed by atoms with Crippen LogP contribution in [0.1, 0.15) is 15.9 Å². The van der Waals surface area contributed by atoms with Gasteiger partial charge in [-0.1, -0.05) is 22.0 Å². The number of hydrogen-bond acceptors (Lipinski definition) is 4. The second-order valence-corrected chi connectivity index (χ2v) is 8.24. The van der Waals surface area contributed by atoms with E-state index in [1.165, 1.54) is 6.07 Å². The number of halogens is 1. The largest absolute Gasteiger partial charge is 0.496 e. The second kappa shape index (κ2) is 7.88. The van der Waals surface area contributed by atoms with E-state index in [4.69, 9.17) is 4.74 Å². The standard InChI is InChI=1S/C17H19BrN2O4S/c1-20(11-13-9-14(18)7-8-16(13)24-2)17(21)12-5-4-6-15(10-12)19-25(3,22)23/h4-10,19H,11H2,1-3H3. The second-order valence-electron chi connectivity index (χ2n) is 5.57. The van der Waals surface area contributed by atoms with Crippen LogP contribution in [0.25, 0.3) is 0 Å². The maximum Gasteiger partial charge on any atom is 0.253 e. The molecule has 0 saturated carbocycles. The molecule has 0 heterocycles. The number of ether oxygens (including phenoxy) is 1. The number of rotatable bonds is 6. The van der Waals surface area contributed by atoms with Crippen LogP contribution >= 0.6 is 15.9 Å². The van der Waals surface area contributed by atoms with Gasteiger partial charge in [0.25, 0.3) is 5.91 Å². The lowest BCUT2D eigenvalue weighted by atomic mass is 10.1. The van der Waals surface area contributed by atoms with E-state index >= 15 is 0 Å². The zero-order valence-corrected chi connectivity index (χ0v) is 16.5. The van der Waals surface area contributed by atoms with E-state index in [2.05, 4.69) is 20.7 Å². The number of benzene rings is 2. The molecule has 134 valence electrons. The molecule has 1 amide bonds. The molecule has 2 aromatic rings. The van der Waals surface area contributed by atoms with Crippen molar-refractivity contribution in [2.45, 2.75) is 6.54 Å². The molecular weight excluding hydrogens is 408 g/mol. The molecule has 0 bridgehead atoms. The summed E-state index contributed by atoms with van der Waals surface area (Å²) >= 11 is 3.41. The molecular formula is C17H19BrN2O4S. The number of amides is 1. The van der Waals surface area contributed by atoms with Crippen LogP contribution in [0.3, 0.4) is 0 Å². The Labute approximate surface area is 156 Å². The number of carbonyl (C=O) groups is 1. The molecule has 0 aliphatic rings. The van der Waals surface area contributed by atoms with Crippen LogP contribution in [0.5, 0.6) is 5.75 Å². The number of carbonyl (C=O) groups excluding carboxylic acids is 1. The first-order chi connectivity index (χ1) is 11.7. The molecule has 0 atom stereocenters. The van der Waals surface area contributed by atoms with E-state index in [1.54, 1.807) is 37.3 Å². The summed E-state index contributed by atoms with van der Waals surface area (Å²) in [7, 11) is -0.141. The smallest absolute Gasteiger partial charge is 0.253 e. The van der Waals surface area contributed by atoms with Gasteiger partial charge in [0, 0.05) is 34.9 Å². The van der Waals surface area contributed by atoms with Crippen molar-refractivity contribution in [3.05, 3.63) is 58.1 Å². The molecule has 0 unspecified atom stereocenters. The minimum absolute atomic E-state index is 0.223. The summed E-state index contributed by atoms with van der Waals surface area (Å²) in [5, 5.41) is 0. The third kappa shape index (κ3) is 5.47. The van der Waals surface area contributed by atoms with E-state index in [-0.39, 0.29) is 5.91 Å².